The molecule has 1 radical (unpaired) electrons. The topological polar surface area (TPSA) is 21.6 Å². The van der Waals surface area contributed by atoms with E-state index in [-0.39, 0.29) is 0 Å². The summed E-state index contributed by atoms with van der Waals surface area (Å²) in [5, 5.41) is 0. The number of rotatable bonds is 3. The van der Waals surface area contributed by atoms with Gasteiger partial charge in [0.1, 0.15) is 6.61 Å². The van der Waals surface area contributed by atoms with Crippen LogP contribution in [-0.2, 0) is 4.74 Å². The van der Waals surface area contributed by atoms with Crippen LogP contribution < -0.4 is 0 Å². The Morgan fingerprint density at radius 2 is 2.67 bits per heavy atom. The molecule has 0 aromatic rings. The molecule has 2 heteroatoms. The first-order valence-electron chi connectivity index (χ1n) is 3.50. The second-order valence-corrected chi connectivity index (χ2v) is 2.33. The monoisotopic (exact) mass is 126 g/mol. The Labute approximate surface area is 55.9 Å². The highest BCUT2D eigenvalue weighted by atomic mass is 16.5. The maximum absolute atomic E-state index is 4.84. The molecule has 9 heavy (non-hydrogen) atoms. The van der Waals surface area contributed by atoms with Crippen molar-refractivity contribution in [3.63, 3.8) is 0 Å². The van der Waals surface area contributed by atoms with Crippen LogP contribution in [0, 0.1) is 0 Å². The van der Waals surface area contributed by atoms with Crippen LogP contribution in [0.25, 0.3) is 0 Å². The molecule has 0 bridgehead atoms. The maximum Gasteiger partial charge on any atom is 0.273 e. The molecule has 2 nitrogen and oxygen atoms in total. The van der Waals surface area contributed by atoms with E-state index in [1.54, 1.807) is 0 Å². The van der Waals surface area contributed by atoms with Crippen molar-refractivity contribution in [1.29, 1.82) is 0 Å². The summed E-state index contributed by atoms with van der Waals surface area (Å²) < 4.78 is 4.84. The van der Waals surface area contributed by atoms with Gasteiger partial charge in [-0.1, -0.05) is 19.8 Å². The molecule has 0 aromatic heterocycles. The second-order valence-electron chi connectivity index (χ2n) is 2.33. The molecule has 1 rings (SSSR count). The lowest BCUT2D eigenvalue weighted by molar-refractivity contribution is 0.319. The summed E-state index contributed by atoms with van der Waals surface area (Å²) in [5.74, 6) is 0. The zero-order chi connectivity index (χ0) is 6.53. The van der Waals surface area contributed by atoms with Crippen LogP contribution in [0.3, 0.4) is 0 Å². The third kappa shape index (κ3) is 2.04. The SMILES string of the molecule is CCCCC1CO[C]=N1. The minimum Gasteiger partial charge on any atom is -0.472 e. The highest BCUT2D eigenvalue weighted by molar-refractivity contribution is 5.48. The quantitative estimate of drug-likeness (QED) is 0.561. The molecular formula is C7H12NO. The van der Waals surface area contributed by atoms with E-state index in [4.69, 9.17) is 4.74 Å². The smallest absolute Gasteiger partial charge is 0.273 e. The van der Waals surface area contributed by atoms with E-state index in [0.29, 0.717) is 6.04 Å². The summed E-state index contributed by atoms with van der Waals surface area (Å²) in [6, 6.07) is 0.407. The summed E-state index contributed by atoms with van der Waals surface area (Å²) in [6.45, 7) is 2.93. The minimum atomic E-state index is 0.407. The Balaban J connectivity index is 2.05. The average molecular weight is 126 g/mol. The van der Waals surface area contributed by atoms with Crippen molar-refractivity contribution in [2.75, 3.05) is 6.61 Å². The summed E-state index contributed by atoms with van der Waals surface area (Å²) in [6.07, 6.45) is 6.15. The molecule has 1 heterocycles. The van der Waals surface area contributed by atoms with E-state index in [1.165, 1.54) is 12.8 Å². The van der Waals surface area contributed by atoms with Crippen molar-refractivity contribution < 1.29 is 4.74 Å². The minimum absolute atomic E-state index is 0.407. The molecule has 0 saturated carbocycles. The van der Waals surface area contributed by atoms with Crippen molar-refractivity contribution >= 4 is 6.40 Å². The van der Waals surface area contributed by atoms with Gasteiger partial charge in [-0.2, -0.15) is 0 Å². The van der Waals surface area contributed by atoms with E-state index < -0.39 is 0 Å². The maximum atomic E-state index is 4.84. The van der Waals surface area contributed by atoms with Crippen molar-refractivity contribution in [3.8, 4) is 0 Å². The summed E-state index contributed by atoms with van der Waals surface area (Å²) in [7, 11) is 0. The molecule has 0 saturated heterocycles. The van der Waals surface area contributed by atoms with Crippen molar-refractivity contribution in [2.24, 2.45) is 4.99 Å². The molecule has 0 N–H and O–H groups in total. The standard InChI is InChI=1S/C7H12NO/c1-2-3-4-7-5-9-6-8-7/h7H,2-5H2,1H3. The third-order valence-corrected chi connectivity index (χ3v) is 1.47. The van der Waals surface area contributed by atoms with Crippen LogP contribution in [0.5, 0.6) is 0 Å². The fraction of sp³-hybridized carbons (Fsp3) is 0.857. The largest absolute Gasteiger partial charge is 0.472 e. The van der Waals surface area contributed by atoms with Crippen molar-refractivity contribution in [3.05, 3.63) is 0 Å². The lowest BCUT2D eigenvalue weighted by atomic mass is 10.1. The van der Waals surface area contributed by atoms with Gasteiger partial charge in [0.25, 0.3) is 6.40 Å². The van der Waals surface area contributed by atoms with Crippen LogP contribution in [0.2, 0.25) is 0 Å². The number of hydrogen-bond donors (Lipinski definition) is 0. The van der Waals surface area contributed by atoms with Gasteiger partial charge in [0.15, 0.2) is 0 Å². The molecule has 1 atom stereocenters. The first kappa shape index (κ1) is 6.59. The van der Waals surface area contributed by atoms with Gasteiger partial charge >= 0.3 is 0 Å². The van der Waals surface area contributed by atoms with Gasteiger partial charge in [0.2, 0.25) is 0 Å². The van der Waals surface area contributed by atoms with E-state index in [1.807, 2.05) is 0 Å². The average Bonchev–Trinajstić information content (AvgIpc) is 2.34. The summed E-state index contributed by atoms with van der Waals surface area (Å²) >= 11 is 0. The van der Waals surface area contributed by atoms with Crippen LogP contribution in [-0.4, -0.2) is 19.0 Å². The summed E-state index contributed by atoms with van der Waals surface area (Å²) in [4.78, 5) is 4.00. The number of aliphatic imine (C=N–C) groups is 1. The number of hydrogen-bond acceptors (Lipinski definition) is 2. The third-order valence-electron chi connectivity index (χ3n) is 1.47. The van der Waals surface area contributed by atoms with Gasteiger partial charge in [-0.3, -0.25) is 0 Å². The fourth-order valence-electron chi connectivity index (χ4n) is 0.870. The van der Waals surface area contributed by atoms with Gasteiger partial charge in [0, 0.05) is 0 Å². The first-order chi connectivity index (χ1) is 4.43. The van der Waals surface area contributed by atoms with Gasteiger partial charge in [-0.25, -0.2) is 4.99 Å². The van der Waals surface area contributed by atoms with Crippen LogP contribution >= 0.6 is 0 Å². The highest BCUT2D eigenvalue weighted by Crippen LogP contribution is 2.07. The molecule has 0 aromatic carbocycles. The molecule has 0 spiro atoms. The van der Waals surface area contributed by atoms with Gasteiger partial charge in [-0.05, 0) is 6.42 Å². The normalized spacial score (nSPS) is 24.3. The first-order valence-corrected chi connectivity index (χ1v) is 3.50. The zero-order valence-corrected chi connectivity index (χ0v) is 5.76. The molecule has 1 aliphatic rings. The van der Waals surface area contributed by atoms with Crippen molar-refractivity contribution in [1.82, 2.24) is 0 Å². The lowest BCUT2D eigenvalue weighted by Gasteiger charge is -2.01. The Hall–Kier alpha value is -0.530. The second kappa shape index (κ2) is 3.49. The molecule has 1 unspecified atom stereocenters. The van der Waals surface area contributed by atoms with Gasteiger partial charge in [-0.15, -0.1) is 0 Å². The molecule has 0 fully saturated rings. The van der Waals surface area contributed by atoms with E-state index >= 15 is 0 Å². The van der Waals surface area contributed by atoms with Crippen LogP contribution in [0.15, 0.2) is 4.99 Å². The molecule has 0 aliphatic carbocycles. The Kier molecular flexibility index (Phi) is 2.55. The summed E-state index contributed by atoms with van der Waals surface area (Å²) in [5.41, 5.74) is 0. The van der Waals surface area contributed by atoms with Crippen molar-refractivity contribution in [2.45, 2.75) is 32.2 Å². The van der Waals surface area contributed by atoms with Crippen LogP contribution in [0.4, 0.5) is 0 Å². The van der Waals surface area contributed by atoms with E-state index in [2.05, 4.69) is 18.3 Å². The Bertz CT molecular complexity index is 101. The molecular weight excluding hydrogens is 114 g/mol. The zero-order valence-electron chi connectivity index (χ0n) is 5.76. The lowest BCUT2D eigenvalue weighted by Crippen LogP contribution is -2.04. The Morgan fingerprint density at radius 3 is 3.22 bits per heavy atom. The number of nitrogens with zero attached hydrogens (tertiary/aromatic N) is 1. The van der Waals surface area contributed by atoms with E-state index in [0.717, 1.165) is 13.0 Å². The van der Waals surface area contributed by atoms with E-state index in [9.17, 15) is 0 Å². The van der Waals surface area contributed by atoms with Gasteiger partial charge in [0.05, 0.1) is 6.04 Å². The molecule has 1 aliphatic heterocycles. The highest BCUT2D eigenvalue weighted by Gasteiger charge is 2.10. The van der Waals surface area contributed by atoms with Crippen LogP contribution in [0.1, 0.15) is 26.2 Å². The van der Waals surface area contributed by atoms with Gasteiger partial charge < -0.3 is 4.74 Å². The Morgan fingerprint density at radius 1 is 1.78 bits per heavy atom. The molecule has 51 valence electrons. The predicted molar refractivity (Wildman–Crippen MR) is 36.7 cm³/mol. The predicted octanol–water partition coefficient (Wildman–Crippen LogP) is 1.48. The fourth-order valence-corrected chi connectivity index (χ4v) is 0.870. The number of unbranched alkanes of at least 4 members (excludes halogenated alkanes) is 1. The molecule has 0 amide bonds. The number of ether oxygens (including phenoxy) is 1.